The highest BCUT2D eigenvalue weighted by molar-refractivity contribution is 7.18. The number of nitrogen functional groups attached to an aromatic ring is 1. The van der Waals surface area contributed by atoms with Gasteiger partial charge in [0.25, 0.3) is 0 Å². The number of hydrogen-bond acceptors (Lipinski definition) is 5. The third-order valence-corrected chi connectivity index (χ3v) is 5.78. The van der Waals surface area contributed by atoms with Gasteiger partial charge in [-0.15, -0.1) is 11.3 Å². The fraction of sp³-hybridized carbons (Fsp3) is 0.333. The second kappa shape index (κ2) is 5.58. The van der Waals surface area contributed by atoms with E-state index < -0.39 is 0 Å². The number of nitrogens with two attached hydrogens (primary N) is 1. The van der Waals surface area contributed by atoms with Crippen LogP contribution in [0.4, 0.5) is 5.82 Å². The van der Waals surface area contributed by atoms with Crippen LogP contribution in [0.5, 0.6) is 0 Å². The second-order valence-corrected chi connectivity index (χ2v) is 7.42. The normalized spacial score (nSPS) is 15.0. The van der Waals surface area contributed by atoms with Crippen LogP contribution < -0.4 is 5.73 Å². The quantitative estimate of drug-likeness (QED) is 0.784. The van der Waals surface area contributed by atoms with E-state index in [9.17, 15) is 0 Å². The minimum absolute atomic E-state index is 0.615. The highest BCUT2D eigenvalue weighted by Crippen LogP contribution is 2.32. The summed E-state index contributed by atoms with van der Waals surface area (Å²) in [6.07, 6.45) is 1.09. The largest absolute Gasteiger partial charge is 0.383 e. The number of benzene rings is 1. The van der Waals surface area contributed by atoms with Gasteiger partial charge in [-0.3, -0.25) is 4.90 Å². The number of rotatable bonds is 2. The highest BCUT2D eigenvalue weighted by atomic mass is 32.1. The van der Waals surface area contributed by atoms with Gasteiger partial charge in [-0.25, -0.2) is 9.97 Å². The number of aryl methyl sites for hydroxylation is 2. The zero-order valence-electron chi connectivity index (χ0n) is 13.5. The van der Waals surface area contributed by atoms with Crippen LogP contribution >= 0.6 is 11.3 Å². The molecule has 4 rings (SSSR count). The Morgan fingerprint density at radius 3 is 2.78 bits per heavy atom. The van der Waals surface area contributed by atoms with Gasteiger partial charge in [0.05, 0.1) is 11.9 Å². The maximum absolute atomic E-state index is 6.19. The first-order valence-electron chi connectivity index (χ1n) is 7.93. The number of nitrogens with zero attached hydrogens (tertiary/aromatic N) is 3. The molecule has 1 aromatic carbocycles. The molecule has 0 saturated carbocycles. The average Bonchev–Trinajstić information content (AvgIpc) is 2.82. The summed E-state index contributed by atoms with van der Waals surface area (Å²) in [5.74, 6) is 1.44. The van der Waals surface area contributed by atoms with E-state index in [4.69, 9.17) is 10.7 Å². The van der Waals surface area contributed by atoms with Gasteiger partial charge < -0.3 is 5.73 Å². The first-order valence-corrected chi connectivity index (χ1v) is 8.74. The summed E-state index contributed by atoms with van der Waals surface area (Å²) in [7, 11) is 0. The fourth-order valence-corrected chi connectivity index (χ4v) is 4.34. The molecule has 0 unspecified atom stereocenters. The van der Waals surface area contributed by atoms with E-state index in [-0.39, 0.29) is 0 Å². The van der Waals surface area contributed by atoms with Gasteiger partial charge >= 0.3 is 0 Å². The average molecular weight is 324 g/mol. The number of anilines is 1. The van der Waals surface area contributed by atoms with Crippen molar-refractivity contribution in [1.29, 1.82) is 0 Å². The van der Waals surface area contributed by atoms with Crippen molar-refractivity contribution < 1.29 is 0 Å². The maximum Gasteiger partial charge on any atom is 0.146 e. The topological polar surface area (TPSA) is 55.0 Å². The molecule has 0 spiro atoms. The van der Waals surface area contributed by atoms with Crippen LogP contribution in [0.1, 0.15) is 27.4 Å². The van der Waals surface area contributed by atoms with Crippen LogP contribution in [-0.4, -0.2) is 21.4 Å². The molecule has 4 nitrogen and oxygen atoms in total. The first kappa shape index (κ1) is 14.6. The fourth-order valence-electron chi connectivity index (χ4n) is 3.29. The lowest BCUT2D eigenvalue weighted by Crippen LogP contribution is -2.30. The molecule has 1 aliphatic rings. The van der Waals surface area contributed by atoms with Gasteiger partial charge in [-0.2, -0.15) is 0 Å². The smallest absolute Gasteiger partial charge is 0.146 e. The Morgan fingerprint density at radius 1 is 1.17 bits per heavy atom. The Bertz CT molecular complexity index is 884. The molecule has 0 saturated heterocycles. The summed E-state index contributed by atoms with van der Waals surface area (Å²) >= 11 is 1.71. The van der Waals surface area contributed by atoms with E-state index in [1.54, 1.807) is 11.3 Å². The van der Waals surface area contributed by atoms with Gasteiger partial charge in [0.1, 0.15) is 16.5 Å². The van der Waals surface area contributed by atoms with Crippen LogP contribution in [0.15, 0.2) is 24.3 Å². The van der Waals surface area contributed by atoms with Gasteiger partial charge in [0, 0.05) is 18.0 Å². The van der Waals surface area contributed by atoms with Crippen LogP contribution in [0.2, 0.25) is 0 Å². The molecule has 0 amide bonds. The van der Waals surface area contributed by atoms with E-state index in [0.29, 0.717) is 5.82 Å². The Hall–Kier alpha value is -1.98. The van der Waals surface area contributed by atoms with Crippen molar-refractivity contribution in [2.45, 2.75) is 33.4 Å². The molecule has 0 radical (unpaired) electrons. The zero-order chi connectivity index (χ0) is 16.0. The molecule has 5 heteroatoms. The van der Waals surface area contributed by atoms with E-state index in [1.165, 1.54) is 21.6 Å². The standard InChI is InChI=1S/C18H20N4S/c1-11-12(2)23-18-16(11)17(19)20-15(21-18)10-22-8-7-13-5-3-4-6-14(13)9-22/h3-6H,7-10H2,1-2H3,(H2,19,20,21). The van der Waals surface area contributed by atoms with Crippen molar-refractivity contribution in [1.82, 2.24) is 14.9 Å². The van der Waals surface area contributed by atoms with E-state index in [0.717, 1.165) is 42.1 Å². The Labute approximate surface area is 140 Å². The predicted molar refractivity (Wildman–Crippen MR) is 95.6 cm³/mol. The van der Waals surface area contributed by atoms with Crippen LogP contribution in [0.3, 0.4) is 0 Å². The molecule has 2 N–H and O–H groups in total. The molecule has 0 atom stereocenters. The van der Waals surface area contributed by atoms with Crippen molar-refractivity contribution in [3.05, 3.63) is 51.7 Å². The zero-order valence-corrected chi connectivity index (χ0v) is 14.3. The van der Waals surface area contributed by atoms with Crippen molar-refractivity contribution in [3.63, 3.8) is 0 Å². The van der Waals surface area contributed by atoms with Gasteiger partial charge in [-0.05, 0) is 37.0 Å². The van der Waals surface area contributed by atoms with Crippen LogP contribution in [0, 0.1) is 13.8 Å². The Kier molecular flexibility index (Phi) is 3.54. The highest BCUT2D eigenvalue weighted by Gasteiger charge is 2.18. The lowest BCUT2D eigenvalue weighted by Gasteiger charge is -2.28. The summed E-state index contributed by atoms with van der Waals surface area (Å²) in [5.41, 5.74) is 10.3. The monoisotopic (exact) mass is 324 g/mol. The maximum atomic E-state index is 6.19. The van der Waals surface area contributed by atoms with Gasteiger partial charge in [0.2, 0.25) is 0 Å². The van der Waals surface area contributed by atoms with E-state index in [2.05, 4.69) is 48.0 Å². The summed E-state index contributed by atoms with van der Waals surface area (Å²) in [6.45, 7) is 6.96. The number of aromatic nitrogens is 2. The summed E-state index contributed by atoms with van der Waals surface area (Å²) in [6, 6.07) is 8.67. The van der Waals surface area contributed by atoms with Crippen molar-refractivity contribution in [2.24, 2.45) is 0 Å². The summed E-state index contributed by atoms with van der Waals surface area (Å²) < 4.78 is 0. The molecule has 1 aliphatic heterocycles. The molecule has 3 heterocycles. The lowest BCUT2D eigenvalue weighted by molar-refractivity contribution is 0.240. The third kappa shape index (κ3) is 2.60. The van der Waals surface area contributed by atoms with E-state index >= 15 is 0 Å². The Morgan fingerprint density at radius 2 is 1.96 bits per heavy atom. The number of fused-ring (bicyclic) bond motifs is 2. The predicted octanol–water partition coefficient (Wildman–Crippen LogP) is 3.45. The van der Waals surface area contributed by atoms with Gasteiger partial charge in [-0.1, -0.05) is 24.3 Å². The molecule has 0 fully saturated rings. The molecule has 2 aromatic heterocycles. The van der Waals surface area contributed by atoms with E-state index in [1.807, 2.05) is 0 Å². The van der Waals surface area contributed by atoms with Crippen LogP contribution in [0.25, 0.3) is 10.2 Å². The molecule has 0 aliphatic carbocycles. The molecular formula is C18H20N4S. The molecular weight excluding hydrogens is 304 g/mol. The molecule has 3 aromatic rings. The lowest BCUT2D eigenvalue weighted by atomic mass is 10.00. The summed E-state index contributed by atoms with van der Waals surface area (Å²) in [5, 5.41) is 1.03. The third-order valence-electron chi connectivity index (χ3n) is 4.68. The van der Waals surface area contributed by atoms with Crippen molar-refractivity contribution in [3.8, 4) is 0 Å². The Balaban J connectivity index is 1.61. The molecule has 0 bridgehead atoms. The second-order valence-electron chi connectivity index (χ2n) is 6.22. The minimum Gasteiger partial charge on any atom is -0.383 e. The van der Waals surface area contributed by atoms with Gasteiger partial charge in [0.15, 0.2) is 0 Å². The first-order chi connectivity index (χ1) is 11.1. The minimum atomic E-state index is 0.615. The number of hydrogen-bond donors (Lipinski definition) is 1. The van der Waals surface area contributed by atoms with Crippen molar-refractivity contribution >= 4 is 27.4 Å². The SMILES string of the molecule is Cc1sc2nc(CN3CCc4ccccc4C3)nc(N)c2c1C. The van der Waals surface area contributed by atoms with Crippen LogP contribution in [-0.2, 0) is 19.5 Å². The number of thiophene rings is 1. The summed E-state index contributed by atoms with van der Waals surface area (Å²) in [4.78, 5) is 14.0. The molecule has 118 valence electrons. The molecule has 23 heavy (non-hydrogen) atoms. The van der Waals surface area contributed by atoms with Crippen molar-refractivity contribution in [2.75, 3.05) is 12.3 Å².